The molecule has 6 nitrogen and oxygen atoms in total. The second-order valence-electron chi connectivity index (χ2n) is 4.34. The Kier molecular flexibility index (Phi) is 3.59. The molecule has 19 heavy (non-hydrogen) atoms. The first-order valence-corrected chi connectivity index (χ1v) is 7.51. The molecule has 0 spiro atoms. The van der Waals surface area contributed by atoms with E-state index in [0.717, 1.165) is 22.7 Å². The quantitative estimate of drug-likeness (QED) is 0.752. The monoisotopic (exact) mass is 282 g/mol. The van der Waals surface area contributed by atoms with E-state index in [1.807, 2.05) is 24.3 Å². The summed E-state index contributed by atoms with van der Waals surface area (Å²) in [6.45, 7) is 0. The Bertz CT molecular complexity index is 705. The number of rotatable bonds is 5. The van der Waals surface area contributed by atoms with Gasteiger partial charge in [0.1, 0.15) is 6.04 Å². The van der Waals surface area contributed by atoms with Crippen LogP contribution in [0.5, 0.6) is 0 Å². The first-order valence-electron chi connectivity index (χ1n) is 5.62. The number of aromatic nitrogens is 1. The van der Waals surface area contributed by atoms with E-state index in [-0.39, 0.29) is 6.42 Å². The summed E-state index contributed by atoms with van der Waals surface area (Å²) < 4.78 is 24.4. The zero-order valence-electron chi connectivity index (χ0n) is 10.3. The fourth-order valence-corrected chi connectivity index (χ4v) is 2.66. The summed E-state index contributed by atoms with van der Waals surface area (Å²) >= 11 is 0. The topological polar surface area (TPSA) is 99.3 Å². The molecule has 0 fully saturated rings. The minimum atomic E-state index is -3.57. The van der Waals surface area contributed by atoms with Crippen LogP contribution in [0.15, 0.2) is 30.5 Å². The van der Waals surface area contributed by atoms with Crippen molar-refractivity contribution in [3.63, 3.8) is 0 Å². The van der Waals surface area contributed by atoms with E-state index < -0.39 is 22.0 Å². The molecule has 1 heterocycles. The van der Waals surface area contributed by atoms with Crippen molar-refractivity contribution in [1.29, 1.82) is 0 Å². The molecule has 7 heteroatoms. The van der Waals surface area contributed by atoms with Gasteiger partial charge in [0, 0.05) is 23.5 Å². The molecule has 0 amide bonds. The third-order valence-electron chi connectivity index (χ3n) is 2.75. The van der Waals surface area contributed by atoms with Crippen LogP contribution < -0.4 is 4.72 Å². The summed E-state index contributed by atoms with van der Waals surface area (Å²) in [4.78, 5) is 14.1. The van der Waals surface area contributed by atoms with Crippen molar-refractivity contribution >= 4 is 26.9 Å². The molecule has 0 unspecified atom stereocenters. The highest BCUT2D eigenvalue weighted by Gasteiger charge is 2.22. The van der Waals surface area contributed by atoms with E-state index in [9.17, 15) is 13.2 Å². The van der Waals surface area contributed by atoms with E-state index in [0.29, 0.717) is 0 Å². The number of benzene rings is 1. The van der Waals surface area contributed by atoms with Crippen molar-refractivity contribution in [3.05, 3.63) is 36.0 Å². The maximum absolute atomic E-state index is 11.2. The molecule has 0 bridgehead atoms. The van der Waals surface area contributed by atoms with E-state index in [1.165, 1.54) is 0 Å². The van der Waals surface area contributed by atoms with Gasteiger partial charge in [0.05, 0.1) is 6.26 Å². The molecule has 1 atom stereocenters. The Morgan fingerprint density at radius 2 is 2.11 bits per heavy atom. The number of aliphatic carboxylic acids is 1. The van der Waals surface area contributed by atoms with Crippen LogP contribution in [0.4, 0.5) is 0 Å². The fraction of sp³-hybridized carbons (Fsp3) is 0.250. The predicted octanol–water partition coefficient (Wildman–Crippen LogP) is 0.713. The molecule has 2 aromatic rings. The summed E-state index contributed by atoms with van der Waals surface area (Å²) in [7, 11) is -3.57. The van der Waals surface area contributed by atoms with Crippen molar-refractivity contribution in [2.75, 3.05) is 6.26 Å². The van der Waals surface area contributed by atoms with Crippen LogP contribution in [0, 0.1) is 0 Å². The number of sulfonamides is 1. The maximum atomic E-state index is 11.2. The average molecular weight is 282 g/mol. The first-order chi connectivity index (χ1) is 8.87. The van der Waals surface area contributed by atoms with Crippen LogP contribution >= 0.6 is 0 Å². The Labute approximate surface area is 110 Å². The molecule has 0 aliphatic rings. The van der Waals surface area contributed by atoms with Gasteiger partial charge in [0.15, 0.2) is 0 Å². The Hall–Kier alpha value is -1.86. The van der Waals surface area contributed by atoms with Crippen LogP contribution in [0.25, 0.3) is 10.9 Å². The first kappa shape index (κ1) is 13.6. The minimum Gasteiger partial charge on any atom is -0.480 e. The second kappa shape index (κ2) is 5.02. The van der Waals surface area contributed by atoms with E-state index in [2.05, 4.69) is 9.71 Å². The molecule has 3 N–H and O–H groups in total. The Morgan fingerprint density at radius 3 is 2.74 bits per heavy atom. The van der Waals surface area contributed by atoms with Crippen molar-refractivity contribution in [2.24, 2.45) is 0 Å². The van der Waals surface area contributed by atoms with Gasteiger partial charge >= 0.3 is 5.97 Å². The molecule has 0 aliphatic carbocycles. The number of carbonyl (C=O) groups is 1. The van der Waals surface area contributed by atoms with Crippen LogP contribution in [-0.2, 0) is 21.2 Å². The standard InChI is InChI=1S/C12H14N2O4S/c1-19(17,18)14-11(12(15)16)6-8-7-13-10-5-3-2-4-9(8)10/h2-5,7,11,13-14H,6H2,1H3,(H,15,16)/t11-/m1/s1. The predicted molar refractivity (Wildman–Crippen MR) is 71.4 cm³/mol. The largest absolute Gasteiger partial charge is 0.480 e. The van der Waals surface area contributed by atoms with Gasteiger partial charge < -0.3 is 10.1 Å². The number of hydrogen-bond donors (Lipinski definition) is 3. The molecule has 0 saturated heterocycles. The average Bonchev–Trinajstić information content (AvgIpc) is 2.70. The van der Waals surface area contributed by atoms with E-state index in [4.69, 9.17) is 5.11 Å². The number of carboxylic acid groups (broad SMARTS) is 1. The van der Waals surface area contributed by atoms with Crippen molar-refractivity contribution < 1.29 is 18.3 Å². The lowest BCUT2D eigenvalue weighted by Crippen LogP contribution is -2.41. The zero-order chi connectivity index (χ0) is 14.0. The summed E-state index contributed by atoms with van der Waals surface area (Å²) in [6, 6.07) is 6.28. The van der Waals surface area contributed by atoms with Crippen LogP contribution in [0.3, 0.4) is 0 Å². The zero-order valence-corrected chi connectivity index (χ0v) is 11.1. The van der Waals surface area contributed by atoms with Gasteiger partial charge in [0.2, 0.25) is 10.0 Å². The van der Waals surface area contributed by atoms with Crippen molar-refractivity contribution in [3.8, 4) is 0 Å². The van der Waals surface area contributed by atoms with Gasteiger partial charge in [-0.2, -0.15) is 0 Å². The highest BCUT2D eigenvalue weighted by atomic mass is 32.2. The molecule has 0 saturated carbocycles. The Balaban J connectivity index is 2.29. The van der Waals surface area contributed by atoms with E-state index in [1.54, 1.807) is 6.20 Å². The van der Waals surface area contributed by atoms with E-state index >= 15 is 0 Å². The van der Waals surface area contributed by atoms with Gasteiger partial charge in [0.25, 0.3) is 0 Å². The maximum Gasteiger partial charge on any atom is 0.322 e. The minimum absolute atomic E-state index is 0.0897. The van der Waals surface area contributed by atoms with Crippen LogP contribution in [0.2, 0.25) is 0 Å². The number of H-pyrrole nitrogens is 1. The molecule has 1 aromatic heterocycles. The summed E-state index contributed by atoms with van der Waals surface area (Å²) in [6.07, 6.45) is 2.73. The third-order valence-corrected chi connectivity index (χ3v) is 3.47. The van der Waals surface area contributed by atoms with Gasteiger partial charge in [-0.3, -0.25) is 4.79 Å². The second-order valence-corrected chi connectivity index (χ2v) is 6.12. The van der Waals surface area contributed by atoms with Gasteiger partial charge in [-0.1, -0.05) is 18.2 Å². The van der Waals surface area contributed by atoms with Crippen LogP contribution in [0.1, 0.15) is 5.56 Å². The lowest BCUT2D eigenvalue weighted by Gasteiger charge is -2.12. The summed E-state index contributed by atoms with van der Waals surface area (Å²) in [5.41, 5.74) is 1.65. The molecular weight excluding hydrogens is 268 g/mol. The van der Waals surface area contributed by atoms with Crippen LogP contribution in [-0.4, -0.2) is 36.8 Å². The summed E-state index contributed by atoms with van der Waals surface area (Å²) in [5.74, 6) is -1.20. The Morgan fingerprint density at radius 1 is 1.42 bits per heavy atom. The van der Waals surface area contributed by atoms with Gasteiger partial charge in [-0.15, -0.1) is 0 Å². The molecule has 102 valence electrons. The molecule has 0 radical (unpaired) electrons. The number of aromatic amines is 1. The lowest BCUT2D eigenvalue weighted by molar-refractivity contribution is -0.138. The number of para-hydroxylation sites is 1. The van der Waals surface area contributed by atoms with Gasteiger partial charge in [-0.05, 0) is 11.6 Å². The van der Waals surface area contributed by atoms with Crippen molar-refractivity contribution in [2.45, 2.75) is 12.5 Å². The lowest BCUT2D eigenvalue weighted by atomic mass is 10.1. The highest BCUT2D eigenvalue weighted by molar-refractivity contribution is 7.88. The summed E-state index contributed by atoms with van der Waals surface area (Å²) in [5, 5.41) is 9.96. The number of nitrogens with one attached hydrogen (secondary N) is 2. The molecular formula is C12H14N2O4S. The molecule has 0 aliphatic heterocycles. The smallest absolute Gasteiger partial charge is 0.322 e. The third kappa shape index (κ3) is 3.33. The molecule has 1 aromatic carbocycles. The molecule has 2 rings (SSSR count). The van der Waals surface area contributed by atoms with Crippen molar-refractivity contribution in [1.82, 2.24) is 9.71 Å². The normalized spacial score (nSPS) is 13.5. The number of carboxylic acids is 1. The van der Waals surface area contributed by atoms with Gasteiger partial charge in [-0.25, -0.2) is 13.1 Å². The number of hydrogen-bond acceptors (Lipinski definition) is 3. The fourth-order valence-electron chi connectivity index (χ4n) is 1.96. The highest BCUT2D eigenvalue weighted by Crippen LogP contribution is 2.19. The number of fused-ring (bicyclic) bond motifs is 1. The SMILES string of the molecule is CS(=O)(=O)N[C@H](Cc1c[nH]c2ccccc12)C(=O)O.